The molecule has 136 valence electrons. The highest BCUT2D eigenvalue weighted by Gasteiger charge is 2.13. The van der Waals surface area contributed by atoms with E-state index in [9.17, 15) is 4.79 Å². The summed E-state index contributed by atoms with van der Waals surface area (Å²) in [6.45, 7) is 6.71. The molecule has 0 aliphatic carbocycles. The van der Waals surface area contributed by atoms with Gasteiger partial charge >= 0.3 is 0 Å². The Morgan fingerprint density at radius 2 is 1.37 bits per heavy atom. The molecule has 0 heterocycles. The number of rotatable bonds is 8. The number of carbonyl (C=O) groups excluding carboxylic acids is 1. The van der Waals surface area contributed by atoms with E-state index >= 15 is 0 Å². The third-order valence-electron chi connectivity index (χ3n) is 4.17. The summed E-state index contributed by atoms with van der Waals surface area (Å²) in [5, 5.41) is 0. The molecule has 3 heteroatoms. The number of hydrogen-bond donors (Lipinski definition) is 0. The van der Waals surface area contributed by atoms with E-state index in [0.29, 0.717) is 30.3 Å². The zero-order valence-corrected chi connectivity index (χ0v) is 15.4. The molecule has 0 aliphatic heterocycles. The van der Waals surface area contributed by atoms with Crippen LogP contribution < -0.4 is 9.47 Å². The van der Waals surface area contributed by atoms with Gasteiger partial charge in [-0.25, -0.2) is 0 Å². The lowest BCUT2D eigenvalue weighted by Gasteiger charge is -2.16. The summed E-state index contributed by atoms with van der Waals surface area (Å²) in [4.78, 5) is 11.6. The van der Waals surface area contributed by atoms with E-state index in [2.05, 4.69) is 6.58 Å². The second kappa shape index (κ2) is 8.86. The van der Waals surface area contributed by atoms with Crippen molar-refractivity contribution >= 4 is 11.9 Å². The summed E-state index contributed by atoms with van der Waals surface area (Å²) in [6.07, 6.45) is 0.799. The first-order valence-electron chi connectivity index (χ1n) is 8.80. The smallest absolute Gasteiger partial charge is 0.153 e. The minimum atomic E-state index is 0.381. The quantitative estimate of drug-likeness (QED) is 0.485. The molecule has 3 nitrogen and oxygen atoms in total. The molecular formula is C24H22O3. The van der Waals surface area contributed by atoms with E-state index in [1.807, 2.05) is 67.6 Å². The molecule has 0 unspecified atom stereocenters. The monoisotopic (exact) mass is 358 g/mol. The molecule has 0 aromatic heterocycles. The lowest BCUT2D eigenvalue weighted by molar-refractivity contribution is 0.111. The average Bonchev–Trinajstić information content (AvgIpc) is 2.71. The highest BCUT2D eigenvalue weighted by atomic mass is 16.5. The van der Waals surface area contributed by atoms with Gasteiger partial charge < -0.3 is 9.47 Å². The fourth-order valence-corrected chi connectivity index (χ4v) is 2.72. The summed E-state index contributed by atoms with van der Waals surface area (Å²) < 4.78 is 11.9. The van der Waals surface area contributed by atoms with Gasteiger partial charge in [0, 0.05) is 11.6 Å². The minimum Gasteiger partial charge on any atom is -0.488 e. The Bertz CT molecular complexity index is 915. The molecule has 0 radical (unpaired) electrons. The molecule has 0 N–H and O–H groups in total. The molecule has 0 fully saturated rings. The Morgan fingerprint density at radius 3 is 1.85 bits per heavy atom. The molecule has 0 spiro atoms. The van der Waals surface area contributed by atoms with Crippen LogP contribution in [0.2, 0.25) is 0 Å². The fraction of sp³-hybridized carbons (Fsp3) is 0.125. The predicted molar refractivity (Wildman–Crippen MR) is 108 cm³/mol. The minimum absolute atomic E-state index is 0.381. The normalized spacial score (nSPS) is 10.3. The van der Waals surface area contributed by atoms with Crippen molar-refractivity contribution in [2.24, 2.45) is 0 Å². The Balaban J connectivity index is 1.85. The summed E-state index contributed by atoms with van der Waals surface area (Å²) in [5.74, 6) is 1.15. The van der Waals surface area contributed by atoms with Gasteiger partial charge in [0.05, 0.1) is 5.56 Å². The standard InChI is InChI=1S/C24H22O3/c1-18(2)22-13-21(15-25)23(26-16-19-9-5-3-6-10-19)14-24(22)27-17-20-11-7-4-8-12-20/h3-15H,1,16-17H2,2H3. The molecule has 0 saturated carbocycles. The van der Waals surface area contributed by atoms with Crippen molar-refractivity contribution in [3.63, 3.8) is 0 Å². The second-order valence-electron chi connectivity index (χ2n) is 6.33. The molecule has 3 aromatic carbocycles. The van der Waals surface area contributed by atoms with Gasteiger partial charge in [0.1, 0.15) is 24.7 Å². The highest BCUT2D eigenvalue weighted by Crippen LogP contribution is 2.33. The Kier molecular flexibility index (Phi) is 6.06. The van der Waals surface area contributed by atoms with Gasteiger partial charge in [-0.05, 0) is 29.7 Å². The maximum absolute atomic E-state index is 11.6. The number of hydrogen-bond acceptors (Lipinski definition) is 3. The van der Waals surface area contributed by atoms with Crippen LogP contribution in [0.5, 0.6) is 11.5 Å². The SMILES string of the molecule is C=C(C)c1cc(C=O)c(OCc2ccccc2)cc1OCc1ccccc1. The van der Waals surface area contributed by atoms with Crippen molar-refractivity contribution in [2.45, 2.75) is 20.1 Å². The van der Waals surface area contributed by atoms with Crippen molar-refractivity contribution < 1.29 is 14.3 Å². The topological polar surface area (TPSA) is 35.5 Å². The second-order valence-corrected chi connectivity index (χ2v) is 6.33. The average molecular weight is 358 g/mol. The van der Waals surface area contributed by atoms with E-state index in [1.165, 1.54) is 0 Å². The largest absolute Gasteiger partial charge is 0.488 e. The summed E-state index contributed by atoms with van der Waals surface area (Å²) in [5.41, 5.74) is 4.22. The molecule has 3 aromatic rings. The van der Waals surface area contributed by atoms with Gasteiger partial charge in [0.2, 0.25) is 0 Å². The molecular weight excluding hydrogens is 336 g/mol. The van der Waals surface area contributed by atoms with Crippen LogP contribution in [0.4, 0.5) is 0 Å². The lowest BCUT2D eigenvalue weighted by Crippen LogP contribution is -2.03. The van der Waals surface area contributed by atoms with Crippen LogP contribution in [0, 0.1) is 0 Å². The van der Waals surface area contributed by atoms with E-state index in [1.54, 1.807) is 12.1 Å². The van der Waals surface area contributed by atoms with Crippen molar-refractivity contribution in [3.8, 4) is 11.5 Å². The van der Waals surface area contributed by atoms with Gasteiger partial charge in [-0.15, -0.1) is 0 Å². The van der Waals surface area contributed by atoms with Crippen LogP contribution in [-0.2, 0) is 13.2 Å². The van der Waals surface area contributed by atoms with Crippen LogP contribution in [0.15, 0.2) is 79.4 Å². The fourth-order valence-electron chi connectivity index (χ4n) is 2.72. The van der Waals surface area contributed by atoms with Gasteiger partial charge in [-0.1, -0.05) is 67.2 Å². The maximum Gasteiger partial charge on any atom is 0.153 e. The van der Waals surface area contributed by atoms with E-state index in [-0.39, 0.29) is 0 Å². The molecule has 0 aliphatic rings. The summed E-state index contributed by atoms with van der Waals surface area (Å²) in [6, 6.07) is 23.3. The molecule has 0 atom stereocenters. The first-order valence-corrected chi connectivity index (χ1v) is 8.80. The van der Waals surface area contributed by atoms with Gasteiger partial charge in [0.25, 0.3) is 0 Å². The van der Waals surface area contributed by atoms with E-state index in [4.69, 9.17) is 9.47 Å². The number of ether oxygens (including phenoxy) is 2. The number of aldehydes is 1. The Labute approximate surface area is 159 Å². The summed E-state index contributed by atoms with van der Waals surface area (Å²) in [7, 11) is 0. The first-order chi connectivity index (χ1) is 13.2. The van der Waals surface area contributed by atoms with Crippen LogP contribution in [0.25, 0.3) is 5.57 Å². The molecule has 0 saturated heterocycles. The van der Waals surface area contributed by atoms with Crippen LogP contribution >= 0.6 is 0 Å². The third kappa shape index (κ3) is 4.85. The maximum atomic E-state index is 11.6. The van der Waals surface area contributed by atoms with Crippen LogP contribution in [0.1, 0.15) is 34.0 Å². The van der Waals surface area contributed by atoms with Crippen molar-refractivity contribution in [1.82, 2.24) is 0 Å². The number of allylic oxidation sites excluding steroid dienone is 1. The molecule has 3 rings (SSSR count). The summed E-state index contributed by atoms with van der Waals surface area (Å²) >= 11 is 0. The Morgan fingerprint density at radius 1 is 0.852 bits per heavy atom. The van der Waals surface area contributed by atoms with Crippen LogP contribution in [0.3, 0.4) is 0 Å². The molecule has 27 heavy (non-hydrogen) atoms. The zero-order valence-electron chi connectivity index (χ0n) is 15.4. The zero-order chi connectivity index (χ0) is 19.1. The van der Waals surface area contributed by atoms with Crippen molar-refractivity contribution in [3.05, 3.63) is 102 Å². The molecule has 0 amide bonds. The van der Waals surface area contributed by atoms with Gasteiger partial charge in [0.15, 0.2) is 6.29 Å². The third-order valence-corrected chi connectivity index (χ3v) is 4.17. The first kappa shape index (κ1) is 18.5. The van der Waals surface area contributed by atoms with Gasteiger partial charge in [-0.2, -0.15) is 0 Å². The lowest BCUT2D eigenvalue weighted by atomic mass is 10.0. The Hall–Kier alpha value is -3.33. The predicted octanol–water partition coefficient (Wildman–Crippen LogP) is 5.69. The van der Waals surface area contributed by atoms with Gasteiger partial charge in [-0.3, -0.25) is 4.79 Å². The van der Waals surface area contributed by atoms with E-state index in [0.717, 1.165) is 28.5 Å². The number of carbonyl (C=O) groups is 1. The van der Waals surface area contributed by atoms with Crippen LogP contribution in [-0.4, -0.2) is 6.29 Å². The van der Waals surface area contributed by atoms with E-state index < -0.39 is 0 Å². The van der Waals surface area contributed by atoms with Crippen molar-refractivity contribution in [1.29, 1.82) is 0 Å². The molecule has 0 bridgehead atoms. The number of benzene rings is 3. The van der Waals surface area contributed by atoms with Crippen molar-refractivity contribution in [2.75, 3.05) is 0 Å². The highest BCUT2D eigenvalue weighted by molar-refractivity contribution is 5.83.